The van der Waals surface area contributed by atoms with Crippen LogP contribution in [0.2, 0.25) is 0 Å². The number of nitrogens with zero attached hydrogens (tertiary/aromatic N) is 4. The van der Waals surface area contributed by atoms with Crippen LogP contribution in [-0.2, 0) is 15.3 Å². The number of thioether (sulfide) groups is 1. The first kappa shape index (κ1) is 30.8. The normalized spacial score (nSPS) is 14.7. The van der Waals surface area contributed by atoms with Crippen LogP contribution in [0.15, 0.2) is 80.7 Å². The van der Waals surface area contributed by atoms with Gasteiger partial charge in [-0.3, -0.25) is 9.36 Å². The van der Waals surface area contributed by atoms with Crippen LogP contribution >= 0.6 is 23.1 Å². The number of halogens is 2. The van der Waals surface area contributed by atoms with E-state index in [9.17, 15) is 23.6 Å². The summed E-state index contributed by atoms with van der Waals surface area (Å²) < 4.78 is 39.3. The molecule has 12 heteroatoms. The molecule has 3 heterocycles. The lowest BCUT2D eigenvalue weighted by Gasteiger charge is -2.24. The van der Waals surface area contributed by atoms with E-state index in [1.807, 2.05) is 36.4 Å². The van der Waals surface area contributed by atoms with E-state index < -0.39 is 18.4 Å². The number of benzene rings is 2. The lowest BCUT2D eigenvalue weighted by molar-refractivity contribution is -0.136. The van der Waals surface area contributed by atoms with Gasteiger partial charge in [0.2, 0.25) is 0 Å². The zero-order chi connectivity index (χ0) is 31.5. The van der Waals surface area contributed by atoms with Gasteiger partial charge >= 0.3 is 5.97 Å². The zero-order valence-electron chi connectivity index (χ0n) is 24.1. The van der Waals surface area contributed by atoms with E-state index >= 15 is 0 Å². The minimum Gasteiger partial charge on any atom is -0.496 e. The van der Waals surface area contributed by atoms with E-state index in [1.54, 1.807) is 32.1 Å². The van der Waals surface area contributed by atoms with E-state index in [0.29, 0.717) is 31.9 Å². The van der Waals surface area contributed by atoms with Gasteiger partial charge in [0, 0.05) is 11.3 Å². The van der Waals surface area contributed by atoms with Crippen LogP contribution in [-0.4, -0.2) is 29.7 Å². The van der Waals surface area contributed by atoms with Crippen LogP contribution in [0.3, 0.4) is 0 Å². The fraction of sp³-hybridized carbons (Fsp3) is 0.219. The minimum atomic E-state index is -2.76. The van der Waals surface area contributed by atoms with Crippen molar-refractivity contribution in [2.24, 2.45) is 4.99 Å². The maximum absolute atomic E-state index is 13.9. The first-order valence-electron chi connectivity index (χ1n) is 13.3. The molecule has 5 rings (SSSR count). The van der Waals surface area contributed by atoms with Gasteiger partial charge in [-0.05, 0) is 54.8 Å². The number of fused-ring (bicyclic) bond motifs is 1. The Hall–Kier alpha value is -4.60. The summed E-state index contributed by atoms with van der Waals surface area (Å²) in [5.74, 6) is 0.268. The molecule has 0 fully saturated rings. The largest absolute Gasteiger partial charge is 0.496 e. The third-order valence-electron chi connectivity index (χ3n) is 7.05. The van der Waals surface area contributed by atoms with Crippen molar-refractivity contribution < 1.29 is 23.0 Å². The summed E-state index contributed by atoms with van der Waals surface area (Å²) >= 11 is 2.36. The van der Waals surface area contributed by atoms with Gasteiger partial charge in [0.15, 0.2) is 4.80 Å². The molecule has 8 nitrogen and oxygen atoms in total. The van der Waals surface area contributed by atoms with E-state index in [0.717, 1.165) is 22.9 Å². The molecule has 1 unspecified atom stereocenters. The van der Waals surface area contributed by atoms with E-state index in [4.69, 9.17) is 9.47 Å². The Bertz CT molecular complexity index is 2010. The molecule has 0 saturated heterocycles. The highest BCUT2D eigenvalue weighted by Gasteiger charge is 2.33. The number of thiazole rings is 1. The number of aromatic nitrogens is 2. The lowest BCUT2D eigenvalue weighted by Crippen LogP contribution is -2.39. The molecule has 1 atom stereocenters. The van der Waals surface area contributed by atoms with Crippen molar-refractivity contribution in [3.8, 4) is 11.8 Å². The molecule has 0 spiro atoms. The number of methoxy groups -OCH3 is 2. The molecule has 0 amide bonds. The number of pyridine rings is 1. The number of carbonyl (C=O) groups is 1. The minimum absolute atomic E-state index is 0.209. The number of alkyl halides is 2. The van der Waals surface area contributed by atoms with Crippen molar-refractivity contribution >= 4 is 35.1 Å². The van der Waals surface area contributed by atoms with E-state index in [2.05, 4.69) is 16.0 Å². The van der Waals surface area contributed by atoms with Gasteiger partial charge in [-0.1, -0.05) is 47.7 Å². The molecule has 0 saturated carbocycles. The van der Waals surface area contributed by atoms with E-state index in [1.165, 1.54) is 36.2 Å². The van der Waals surface area contributed by atoms with Gasteiger partial charge in [0.25, 0.3) is 12.0 Å². The molecule has 1 aliphatic rings. The molecule has 224 valence electrons. The number of hydrogen-bond donors (Lipinski definition) is 0. The number of ether oxygens (including phenoxy) is 2. The number of nitriles is 1. The monoisotopic (exact) mass is 632 g/mol. The molecule has 0 aliphatic carbocycles. The highest BCUT2D eigenvalue weighted by atomic mass is 32.2. The molecule has 1 aliphatic heterocycles. The molecular formula is C32H26F2N4O4S2. The summed E-state index contributed by atoms with van der Waals surface area (Å²) in [5.41, 5.74) is 2.88. The summed E-state index contributed by atoms with van der Waals surface area (Å²) in [4.78, 5) is 35.7. The van der Waals surface area contributed by atoms with Crippen molar-refractivity contribution in [1.82, 2.24) is 9.55 Å². The zero-order valence-corrected chi connectivity index (χ0v) is 25.8. The standard InChI is InChI=1S/C32H26F2N4O4S2/c1-17-12-23(28(33)34)37-29(22(17)15-35)43-16-21-13-19(10-11-24(21)41-3)14-25-30(39)38-27(20-8-6-5-7-9-20)26(31(40)42-4)18(2)36-32(38)44-25/h5-14,27-28H,16H2,1-4H3/b25-14+. The summed E-state index contributed by atoms with van der Waals surface area (Å²) in [5, 5.41) is 9.82. The molecular weight excluding hydrogens is 607 g/mol. The van der Waals surface area contributed by atoms with Gasteiger partial charge in [-0.15, -0.1) is 11.8 Å². The highest BCUT2D eigenvalue weighted by Crippen LogP contribution is 2.33. The van der Waals surface area contributed by atoms with Gasteiger partial charge in [-0.25, -0.2) is 23.6 Å². The second-order valence-electron chi connectivity index (χ2n) is 9.80. The van der Waals surface area contributed by atoms with Crippen molar-refractivity contribution in [2.45, 2.75) is 37.1 Å². The van der Waals surface area contributed by atoms with Crippen LogP contribution in [0.25, 0.3) is 6.08 Å². The molecule has 0 N–H and O–H groups in total. The Balaban J connectivity index is 1.56. The maximum Gasteiger partial charge on any atom is 0.338 e. The van der Waals surface area contributed by atoms with Gasteiger partial charge in [0.05, 0.1) is 41.6 Å². The molecule has 2 aromatic heterocycles. The fourth-order valence-electron chi connectivity index (χ4n) is 4.96. The fourth-order valence-corrected chi connectivity index (χ4v) is 7.05. The number of hydrogen-bond acceptors (Lipinski definition) is 9. The van der Waals surface area contributed by atoms with Gasteiger partial charge in [0.1, 0.15) is 22.5 Å². The van der Waals surface area contributed by atoms with E-state index in [-0.39, 0.29) is 33.2 Å². The quantitative estimate of drug-likeness (QED) is 0.194. The smallest absolute Gasteiger partial charge is 0.338 e. The second kappa shape index (κ2) is 13.0. The molecule has 0 bridgehead atoms. The Labute approximate surface area is 259 Å². The van der Waals surface area contributed by atoms with Crippen molar-refractivity contribution in [3.63, 3.8) is 0 Å². The number of carbonyl (C=O) groups excluding carboxylic acids is 1. The third kappa shape index (κ3) is 5.93. The van der Waals surface area contributed by atoms with Crippen LogP contribution in [0.4, 0.5) is 8.78 Å². The SMILES string of the molecule is COC(=O)C1=C(C)N=c2s/c(=C/c3ccc(OC)c(CSc4nc(C(F)F)cc(C)c4C#N)c3)c(=O)n2C1c1ccccc1. The first-order valence-corrected chi connectivity index (χ1v) is 15.1. The third-order valence-corrected chi connectivity index (χ3v) is 9.05. The summed E-state index contributed by atoms with van der Waals surface area (Å²) in [6.07, 6.45) is -1.03. The lowest BCUT2D eigenvalue weighted by atomic mass is 9.96. The summed E-state index contributed by atoms with van der Waals surface area (Å²) in [6.45, 7) is 3.32. The number of aryl methyl sites for hydroxylation is 1. The van der Waals surface area contributed by atoms with Gasteiger partial charge < -0.3 is 9.47 Å². The summed E-state index contributed by atoms with van der Waals surface area (Å²) in [6, 6.07) is 17.2. The Morgan fingerprint density at radius 2 is 1.93 bits per heavy atom. The predicted molar refractivity (Wildman–Crippen MR) is 163 cm³/mol. The van der Waals surface area contributed by atoms with Crippen LogP contribution in [0, 0.1) is 18.3 Å². The maximum atomic E-state index is 13.9. The van der Waals surface area contributed by atoms with Crippen LogP contribution in [0.5, 0.6) is 5.75 Å². The van der Waals surface area contributed by atoms with Gasteiger partial charge in [-0.2, -0.15) is 5.26 Å². The van der Waals surface area contributed by atoms with Crippen molar-refractivity contribution in [1.29, 1.82) is 5.26 Å². The molecule has 44 heavy (non-hydrogen) atoms. The van der Waals surface area contributed by atoms with Crippen molar-refractivity contribution in [2.75, 3.05) is 14.2 Å². The number of esters is 1. The molecule has 4 aromatic rings. The summed E-state index contributed by atoms with van der Waals surface area (Å²) in [7, 11) is 2.82. The van der Waals surface area contributed by atoms with Crippen molar-refractivity contribution in [3.05, 3.63) is 119 Å². The van der Waals surface area contributed by atoms with Crippen LogP contribution < -0.4 is 19.6 Å². The molecule has 0 radical (unpaired) electrons. The predicted octanol–water partition coefficient (Wildman–Crippen LogP) is 5.22. The number of rotatable bonds is 8. The first-order chi connectivity index (χ1) is 21.2. The Kier molecular flexibility index (Phi) is 9.08. The average Bonchev–Trinajstić information content (AvgIpc) is 3.32. The average molecular weight is 633 g/mol. The Morgan fingerprint density at radius 3 is 2.59 bits per heavy atom. The second-order valence-corrected chi connectivity index (χ2v) is 11.8. The molecule has 2 aromatic carbocycles. The van der Waals surface area contributed by atoms with Crippen LogP contribution in [0.1, 0.15) is 52.9 Å². The topological polar surface area (TPSA) is 107 Å². The highest BCUT2D eigenvalue weighted by molar-refractivity contribution is 7.98. The Morgan fingerprint density at radius 1 is 1.18 bits per heavy atom. The number of allylic oxidation sites excluding steroid dienone is 1.